The van der Waals surface area contributed by atoms with Crippen LogP contribution in [0.25, 0.3) is 0 Å². The lowest BCUT2D eigenvalue weighted by atomic mass is 9.77. The number of aliphatic hydroxyl groups excluding tert-OH is 1. The summed E-state index contributed by atoms with van der Waals surface area (Å²) in [5.74, 6) is 0.640. The van der Waals surface area contributed by atoms with Crippen molar-refractivity contribution in [3.8, 4) is 0 Å². The molecule has 118 valence electrons. The summed E-state index contributed by atoms with van der Waals surface area (Å²) in [5, 5.41) is 9.54. The van der Waals surface area contributed by atoms with E-state index in [9.17, 15) is 9.90 Å². The number of likely N-dealkylation sites (tertiary alicyclic amines) is 1. The van der Waals surface area contributed by atoms with E-state index in [4.69, 9.17) is 9.15 Å². The minimum atomic E-state index is -0.410. The Bertz CT molecular complexity index is 455. The summed E-state index contributed by atoms with van der Waals surface area (Å²) in [4.78, 5) is 13.9. The van der Waals surface area contributed by atoms with Crippen LogP contribution in [0.4, 0.5) is 0 Å². The van der Waals surface area contributed by atoms with Crippen LogP contribution in [-0.2, 0) is 11.3 Å². The Balaban J connectivity index is 1.88. The summed E-state index contributed by atoms with van der Waals surface area (Å²) >= 11 is 0. The lowest BCUT2D eigenvalue weighted by Crippen LogP contribution is -2.41. The standard InChI is InChI=1S/C16H25NO4/c1-3-16(12-18)7-9-17(10-8-16)11-13-5-6-14(21-13)15(19)20-4-2/h5-6,18H,3-4,7-12H2,1-2H3. The van der Waals surface area contributed by atoms with E-state index in [1.165, 1.54) is 0 Å². The summed E-state index contributed by atoms with van der Waals surface area (Å²) in [5.41, 5.74) is 0.0930. The van der Waals surface area contributed by atoms with Gasteiger partial charge in [-0.1, -0.05) is 6.92 Å². The SMILES string of the molecule is CCOC(=O)c1ccc(CN2CCC(CC)(CO)CC2)o1. The Labute approximate surface area is 125 Å². The van der Waals surface area contributed by atoms with Crippen molar-refractivity contribution in [3.63, 3.8) is 0 Å². The summed E-state index contributed by atoms with van der Waals surface area (Å²) in [7, 11) is 0. The summed E-state index contributed by atoms with van der Waals surface area (Å²) in [6.07, 6.45) is 3.03. The molecule has 0 radical (unpaired) electrons. The van der Waals surface area contributed by atoms with Gasteiger partial charge in [-0.2, -0.15) is 0 Å². The molecule has 0 bridgehead atoms. The van der Waals surface area contributed by atoms with Crippen LogP contribution in [0.15, 0.2) is 16.5 Å². The molecule has 1 aromatic rings. The number of carbonyl (C=O) groups is 1. The van der Waals surface area contributed by atoms with Crippen LogP contribution in [0.5, 0.6) is 0 Å². The molecule has 5 nitrogen and oxygen atoms in total. The molecule has 0 aliphatic carbocycles. The molecule has 0 unspecified atom stereocenters. The van der Waals surface area contributed by atoms with E-state index in [2.05, 4.69) is 11.8 Å². The normalized spacial score (nSPS) is 18.6. The number of rotatable bonds is 6. The van der Waals surface area contributed by atoms with Crippen molar-refractivity contribution in [2.24, 2.45) is 5.41 Å². The van der Waals surface area contributed by atoms with Gasteiger partial charge in [-0.25, -0.2) is 4.79 Å². The molecule has 0 atom stereocenters. The van der Waals surface area contributed by atoms with Crippen LogP contribution in [0.2, 0.25) is 0 Å². The van der Waals surface area contributed by atoms with Gasteiger partial charge in [0.1, 0.15) is 5.76 Å². The number of furan rings is 1. The van der Waals surface area contributed by atoms with Gasteiger partial charge in [-0.05, 0) is 56.8 Å². The second-order valence-corrected chi connectivity index (χ2v) is 5.77. The molecule has 1 N–H and O–H groups in total. The van der Waals surface area contributed by atoms with Gasteiger partial charge < -0.3 is 14.3 Å². The van der Waals surface area contributed by atoms with E-state index >= 15 is 0 Å². The fourth-order valence-electron chi connectivity index (χ4n) is 2.80. The van der Waals surface area contributed by atoms with Crippen LogP contribution < -0.4 is 0 Å². The predicted octanol–water partition coefficient (Wildman–Crippen LogP) is 2.44. The zero-order valence-corrected chi connectivity index (χ0v) is 12.9. The lowest BCUT2D eigenvalue weighted by molar-refractivity contribution is 0.0351. The highest BCUT2D eigenvalue weighted by molar-refractivity contribution is 5.86. The highest BCUT2D eigenvalue weighted by atomic mass is 16.5. The average Bonchev–Trinajstić information content (AvgIpc) is 2.97. The van der Waals surface area contributed by atoms with Crippen LogP contribution in [0.1, 0.15) is 49.4 Å². The minimum absolute atomic E-state index is 0.0930. The van der Waals surface area contributed by atoms with Gasteiger partial charge in [0.05, 0.1) is 13.2 Å². The molecule has 0 spiro atoms. The average molecular weight is 295 g/mol. The van der Waals surface area contributed by atoms with Crippen molar-refractivity contribution in [1.29, 1.82) is 0 Å². The maximum atomic E-state index is 11.6. The number of aliphatic hydroxyl groups is 1. The van der Waals surface area contributed by atoms with E-state index in [0.29, 0.717) is 13.2 Å². The molecule has 1 aliphatic heterocycles. The number of ether oxygens (including phenoxy) is 1. The molecule has 0 amide bonds. The largest absolute Gasteiger partial charge is 0.460 e. The Morgan fingerprint density at radius 1 is 1.38 bits per heavy atom. The first kappa shape index (κ1) is 16.0. The summed E-state index contributed by atoms with van der Waals surface area (Å²) < 4.78 is 10.5. The zero-order valence-electron chi connectivity index (χ0n) is 12.9. The molecular weight excluding hydrogens is 270 g/mol. The minimum Gasteiger partial charge on any atom is -0.460 e. The fourth-order valence-corrected chi connectivity index (χ4v) is 2.80. The van der Waals surface area contributed by atoms with E-state index in [-0.39, 0.29) is 17.8 Å². The smallest absolute Gasteiger partial charge is 0.374 e. The van der Waals surface area contributed by atoms with Gasteiger partial charge in [-0.15, -0.1) is 0 Å². The van der Waals surface area contributed by atoms with Crippen molar-refractivity contribution in [3.05, 3.63) is 23.7 Å². The van der Waals surface area contributed by atoms with E-state index in [1.807, 2.05) is 6.07 Å². The molecule has 1 aliphatic rings. The summed E-state index contributed by atoms with van der Waals surface area (Å²) in [6, 6.07) is 3.50. The molecule has 0 saturated carbocycles. The van der Waals surface area contributed by atoms with Crippen LogP contribution >= 0.6 is 0 Å². The molecule has 2 heterocycles. The van der Waals surface area contributed by atoms with Gasteiger partial charge in [-0.3, -0.25) is 4.90 Å². The molecule has 0 aromatic carbocycles. The fraction of sp³-hybridized carbons (Fsp3) is 0.688. The van der Waals surface area contributed by atoms with Gasteiger partial charge in [0, 0.05) is 6.61 Å². The maximum absolute atomic E-state index is 11.6. The maximum Gasteiger partial charge on any atom is 0.374 e. The van der Waals surface area contributed by atoms with Crippen LogP contribution in [0.3, 0.4) is 0 Å². The molecule has 5 heteroatoms. The van der Waals surface area contributed by atoms with Crippen molar-refractivity contribution in [2.75, 3.05) is 26.3 Å². The van der Waals surface area contributed by atoms with E-state index in [1.54, 1.807) is 13.0 Å². The Kier molecular flexibility index (Phi) is 5.42. The molecular formula is C16H25NO4. The van der Waals surface area contributed by atoms with E-state index < -0.39 is 5.97 Å². The Morgan fingerprint density at radius 3 is 2.67 bits per heavy atom. The molecule has 1 aromatic heterocycles. The second kappa shape index (κ2) is 7.09. The number of carbonyl (C=O) groups excluding carboxylic acids is 1. The number of piperidine rings is 1. The van der Waals surface area contributed by atoms with Crippen molar-refractivity contribution in [2.45, 2.75) is 39.7 Å². The van der Waals surface area contributed by atoms with E-state index in [0.717, 1.165) is 38.1 Å². The highest BCUT2D eigenvalue weighted by Crippen LogP contribution is 2.34. The molecule has 21 heavy (non-hydrogen) atoms. The Hall–Kier alpha value is -1.33. The first-order valence-corrected chi connectivity index (χ1v) is 7.71. The number of hydrogen-bond acceptors (Lipinski definition) is 5. The topological polar surface area (TPSA) is 62.9 Å². The lowest BCUT2D eigenvalue weighted by Gasteiger charge is -2.39. The first-order chi connectivity index (χ1) is 10.1. The van der Waals surface area contributed by atoms with Crippen LogP contribution in [-0.4, -0.2) is 42.3 Å². The molecule has 2 rings (SSSR count). The quantitative estimate of drug-likeness (QED) is 0.817. The van der Waals surface area contributed by atoms with Gasteiger partial charge in [0.25, 0.3) is 0 Å². The third-order valence-electron chi connectivity index (χ3n) is 4.52. The molecule has 1 saturated heterocycles. The van der Waals surface area contributed by atoms with Gasteiger partial charge in [0.2, 0.25) is 5.76 Å². The van der Waals surface area contributed by atoms with Crippen molar-refractivity contribution in [1.82, 2.24) is 4.90 Å². The monoisotopic (exact) mass is 295 g/mol. The van der Waals surface area contributed by atoms with Crippen molar-refractivity contribution >= 4 is 5.97 Å². The third kappa shape index (κ3) is 3.86. The number of hydrogen-bond donors (Lipinski definition) is 1. The highest BCUT2D eigenvalue weighted by Gasteiger charge is 2.32. The number of nitrogens with zero attached hydrogens (tertiary/aromatic N) is 1. The van der Waals surface area contributed by atoms with Crippen LogP contribution in [0, 0.1) is 5.41 Å². The predicted molar refractivity (Wildman–Crippen MR) is 79.0 cm³/mol. The van der Waals surface area contributed by atoms with Gasteiger partial charge in [0.15, 0.2) is 0 Å². The molecule has 1 fully saturated rings. The number of esters is 1. The van der Waals surface area contributed by atoms with Crippen molar-refractivity contribution < 1.29 is 19.1 Å². The zero-order chi connectivity index (χ0) is 15.3. The van der Waals surface area contributed by atoms with Gasteiger partial charge >= 0.3 is 5.97 Å². The Morgan fingerprint density at radius 2 is 2.10 bits per heavy atom. The summed E-state index contributed by atoms with van der Waals surface area (Å²) in [6.45, 7) is 7.13. The third-order valence-corrected chi connectivity index (χ3v) is 4.52. The first-order valence-electron chi connectivity index (χ1n) is 7.71. The second-order valence-electron chi connectivity index (χ2n) is 5.77.